The third-order valence-electron chi connectivity index (χ3n) is 15.7. The molecule has 1 aromatic rings. The molecule has 0 spiro atoms. The van der Waals surface area contributed by atoms with Gasteiger partial charge in [0.05, 0.1) is 0 Å². The maximum absolute atomic E-state index is 13.9. The van der Waals surface area contributed by atoms with Crippen LogP contribution in [0.1, 0.15) is 172 Å². The molecule has 0 heterocycles. The van der Waals surface area contributed by atoms with Gasteiger partial charge in [-0.3, -0.25) is 48.5 Å². The molecule has 0 aromatic heterocycles. The van der Waals surface area contributed by atoms with Gasteiger partial charge in [0.25, 0.3) is 0 Å². The van der Waals surface area contributed by atoms with Crippen LogP contribution in [-0.4, -0.2) is 163 Å². The molecule has 0 aliphatic heterocycles. The third-order valence-corrected chi connectivity index (χ3v) is 15.7. The van der Waals surface area contributed by atoms with E-state index in [1.165, 1.54) is 0 Å². The minimum atomic E-state index is -0.938. The fraction of sp³-hybridized carbons (Fsp3) is 0.703. The van der Waals surface area contributed by atoms with Crippen molar-refractivity contribution < 1.29 is 53.1 Å². The number of nitrogens with one attached hydrogen (secondary N) is 12. The first kappa shape index (κ1) is 86.9. The van der Waals surface area contributed by atoms with Crippen LogP contribution in [0.3, 0.4) is 0 Å². The van der Waals surface area contributed by atoms with Crippen LogP contribution < -0.4 is 110 Å². The zero-order chi connectivity index (χ0) is 74.4. The number of carbonyl (C=O) groups is 10. The Morgan fingerprint density at radius 2 is 0.633 bits per heavy atom. The van der Waals surface area contributed by atoms with Crippen molar-refractivity contribution in [2.24, 2.45) is 96.4 Å². The molecule has 556 valence electrons. The van der Waals surface area contributed by atoms with Crippen LogP contribution in [0.2, 0.25) is 0 Å². The van der Waals surface area contributed by atoms with Crippen molar-refractivity contribution >= 4 is 77.3 Å². The molecular formula is C64H119N23O11. The summed E-state index contributed by atoms with van der Waals surface area (Å²) in [6.07, 6.45) is -1.37. The van der Waals surface area contributed by atoms with E-state index >= 15 is 0 Å². The highest BCUT2D eigenvalue weighted by atomic mass is 16.3. The summed E-state index contributed by atoms with van der Waals surface area (Å²) >= 11 is 0. The Hall–Kier alpha value is -9.11. The van der Waals surface area contributed by atoms with Crippen LogP contribution in [0.25, 0.3) is 0 Å². The number of primary amides is 1. The summed E-state index contributed by atoms with van der Waals surface area (Å²) < 4.78 is 0. The lowest BCUT2D eigenvalue weighted by Gasteiger charge is -2.29. The van der Waals surface area contributed by atoms with E-state index in [0.29, 0.717) is 32.1 Å². The van der Waals surface area contributed by atoms with Crippen molar-refractivity contribution in [3.8, 4) is 5.75 Å². The Bertz CT molecular complexity index is 2750. The summed E-state index contributed by atoms with van der Waals surface area (Å²) in [5.74, 6) is -5.28. The smallest absolute Gasteiger partial charge is 0.316 e. The summed E-state index contributed by atoms with van der Waals surface area (Å²) in [4.78, 5) is 146. The van der Waals surface area contributed by atoms with E-state index in [1.54, 1.807) is 65.8 Å². The van der Waals surface area contributed by atoms with Gasteiger partial charge in [0.1, 0.15) is 24.2 Å². The van der Waals surface area contributed by atoms with Gasteiger partial charge in [-0.2, -0.15) is 0 Å². The molecule has 1 aromatic carbocycles. The van der Waals surface area contributed by atoms with Gasteiger partial charge in [0, 0.05) is 107 Å². The van der Waals surface area contributed by atoms with Crippen molar-refractivity contribution in [2.45, 2.75) is 234 Å². The van der Waals surface area contributed by atoms with Crippen LogP contribution in [0.4, 0.5) is 14.4 Å². The number of hydrogen-bond acceptors (Lipinski definition) is 15. The van der Waals surface area contributed by atoms with Crippen LogP contribution in [0.15, 0.2) is 39.2 Å². The Morgan fingerprint density at radius 3 is 0.898 bits per heavy atom. The largest absolute Gasteiger partial charge is 0.508 e. The highest BCUT2D eigenvalue weighted by molar-refractivity contribution is 5.85. The first-order chi connectivity index (χ1) is 45.8. The van der Waals surface area contributed by atoms with Crippen molar-refractivity contribution in [2.75, 3.05) is 19.6 Å². The highest BCUT2D eigenvalue weighted by Crippen LogP contribution is 2.16. The van der Waals surface area contributed by atoms with Gasteiger partial charge in [-0.05, 0) is 98.1 Å². The lowest BCUT2D eigenvalue weighted by atomic mass is 9.98. The molecule has 98 heavy (non-hydrogen) atoms. The summed E-state index contributed by atoms with van der Waals surface area (Å²) in [6, 6.07) is -0.208. The number of amides is 13. The first-order valence-corrected chi connectivity index (χ1v) is 33.8. The van der Waals surface area contributed by atoms with E-state index in [9.17, 15) is 53.1 Å². The Labute approximate surface area is 577 Å². The first-order valence-electron chi connectivity index (χ1n) is 33.8. The second kappa shape index (κ2) is 46.2. The number of aliphatic imine (C=N–C) groups is 3. The lowest BCUT2D eigenvalue weighted by Crippen LogP contribution is -2.57. The molecule has 0 unspecified atom stereocenters. The average molecular weight is 1390 g/mol. The number of carbonyl (C=O) groups excluding carboxylic acids is 10. The molecule has 1 rings (SSSR count). The number of rotatable bonds is 46. The van der Waals surface area contributed by atoms with Gasteiger partial charge in [-0.15, -0.1) is 0 Å². The molecule has 34 nitrogen and oxygen atoms in total. The SMILES string of the molecule is CC(C)[C@H](NC(=O)C[C@@H](NC(=O)C[C@H](CCCN=C(N)N)NC(=O)N[C@@H](NC(=O)C[C@@H](NC(=O)C[C@H](CCCN=C(N)N)NC(=O)N[C@@H](NC(=O)C[C@@H](NC(=O)C[C@@H](N)Cc1ccc(O)cc1)C(C)C)C(C)C)C(C)C)C(C)C)C(C)C)NC(=O)N[C@@H](CCCN=C(N)N)CC(N)=O. The number of nitrogens with two attached hydrogens (primary N) is 8. The molecule has 0 saturated heterocycles. The summed E-state index contributed by atoms with van der Waals surface area (Å²) in [5, 5.41) is 43.6. The van der Waals surface area contributed by atoms with Crippen LogP contribution in [-0.2, 0) is 40.0 Å². The zero-order valence-corrected chi connectivity index (χ0v) is 59.6. The molecule has 0 fully saturated rings. The predicted octanol–water partition coefficient (Wildman–Crippen LogP) is -0.641. The van der Waals surface area contributed by atoms with E-state index in [-0.39, 0.29) is 142 Å². The van der Waals surface area contributed by atoms with Crippen LogP contribution in [0.5, 0.6) is 5.75 Å². The fourth-order valence-corrected chi connectivity index (χ4v) is 9.92. The van der Waals surface area contributed by atoms with Gasteiger partial charge < -0.3 is 115 Å². The maximum atomic E-state index is 13.9. The normalized spacial score (nSPS) is 14.3. The van der Waals surface area contributed by atoms with E-state index in [0.717, 1.165) is 5.56 Å². The molecule has 0 radical (unpaired) electrons. The van der Waals surface area contributed by atoms with Crippen molar-refractivity contribution in [3.63, 3.8) is 0 Å². The molecule has 34 heteroatoms. The summed E-state index contributed by atoms with van der Waals surface area (Å²) in [6.45, 7) is 22.3. The molecule has 0 saturated carbocycles. The molecule has 10 atom stereocenters. The third kappa shape index (κ3) is 40.4. The Balaban J connectivity index is 3.13. The van der Waals surface area contributed by atoms with E-state index in [2.05, 4.69) is 78.8 Å². The standard InChI is InChI=1S/C64H119N23O11/c1-34(2)46(79-50(90)27-41(65)26-40-19-21-45(88)22-20-40)31-53(93)82-57(38(9)10)86-63(97)77-43(17-14-24-74-60(69)70)29-52(92)81-48(36(5)6)33-55(95)84-58(39(11)12)87-64(98)78-44(18-15-25-75-61(71)72)30-51(91)80-47(35(3)4)32-54(94)83-56(37(7)8)85-62(96)76-42(28-49(66)89)16-13-23-73-59(67)68/h19-22,34-39,41-44,46-48,56-58,88H,13-18,23-33,65H2,1-12H3,(H2,66,89)(H,79,90)(H,80,91)(H,81,92)(H,82,93)(H,83,94)(H,84,95)(H4,67,68,73)(H4,69,70,74)(H4,71,72,75)(H2,76,85,96)(H2,77,86,97)(H2,78,87,98)/t41-,42-,43-,44-,46+,47+,48+,56+,57+,58+/m0/s1. The number of nitrogens with zero attached hydrogens (tertiary/aromatic N) is 3. The molecule has 0 bridgehead atoms. The number of urea groups is 3. The minimum absolute atomic E-state index is 0.000180. The molecule has 29 N–H and O–H groups in total. The number of aromatic hydroxyl groups is 1. The number of benzene rings is 1. The second-order valence-corrected chi connectivity index (χ2v) is 26.9. The van der Waals surface area contributed by atoms with Gasteiger partial charge >= 0.3 is 18.1 Å². The maximum Gasteiger partial charge on any atom is 0.316 e. The van der Waals surface area contributed by atoms with Gasteiger partial charge in [-0.25, -0.2) is 14.4 Å². The van der Waals surface area contributed by atoms with Gasteiger partial charge in [0.15, 0.2) is 17.9 Å². The second-order valence-electron chi connectivity index (χ2n) is 26.9. The molecule has 0 aliphatic rings. The number of guanidine groups is 3. The van der Waals surface area contributed by atoms with Crippen molar-refractivity contribution in [1.29, 1.82) is 0 Å². The topological polar surface area (TPSA) is 581 Å². The monoisotopic (exact) mass is 1390 g/mol. The zero-order valence-electron chi connectivity index (χ0n) is 59.6. The highest BCUT2D eigenvalue weighted by Gasteiger charge is 2.31. The number of phenolic OH excluding ortho intramolecular Hbond substituents is 1. The molecule has 13 amide bonds. The summed E-state index contributed by atoms with van der Waals surface area (Å²) in [5.41, 5.74) is 45.6. The molecule has 0 aliphatic carbocycles. The van der Waals surface area contributed by atoms with Crippen molar-refractivity contribution in [3.05, 3.63) is 29.8 Å². The lowest BCUT2D eigenvalue weighted by molar-refractivity contribution is -0.126. The predicted molar refractivity (Wildman–Crippen MR) is 378 cm³/mol. The minimum Gasteiger partial charge on any atom is -0.508 e. The molecular weight excluding hydrogens is 1270 g/mol. The van der Waals surface area contributed by atoms with Crippen LogP contribution in [0, 0.1) is 35.5 Å². The van der Waals surface area contributed by atoms with Gasteiger partial charge in [-0.1, -0.05) is 95.2 Å². The van der Waals surface area contributed by atoms with E-state index in [1.807, 2.05) is 41.5 Å². The average Bonchev–Trinajstić information content (AvgIpc) is 0.920. The summed E-state index contributed by atoms with van der Waals surface area (Å²) in [7, 11) is 0. The van der Waals surface area contributed by atoms with Crippen molar-refractivity contribution in [1.82, 2.24) is 63.8 Å². The quantitative estimate of drug-likeness (QED) is 0.0167. The Kier molecular flexibility index (Phi) is 40.9. The number of hydrogen-bond donors (Lipinski definition) is 21. The number of phenols is 1. The Morgan fingerprint density at radius 1 is 0.357 bits per heavy atom. The van der Waals surface area contributed by atoms with E-state index in [4.69, 9.17) is 45.9 Å². The van der Waals surface area contributed by atoms with Gasteiger partial charge in [0.2, 0.25) is 41.4 Å². The fourth-order valence-electron chi connectivity index (χ4n) is 9.92. The van der Waals surface area contributed by atoms with E-state index < -0.39 is 114 Å². The van der Waals surface area contributed by atoms with Crippen LogP contribution >= 0.6 is 0 Å².